The summed E-state index contributed by atoms with van der Waals surface area (Å²) in [6, 6.07) is 3.37. The third kappa shape index (κ3) is 3.92. The fraction of sp³-hybridized carbons (Fsp3) is 0.227. The summed E-state index contributed by atoms with van der Waals surface area (Å²) in [4.78, 5) is 71.7. The van der Waals surface area contributed by atoms with Crippen molar-refractivity contribution in [3.63, 3.8) is 0 Å². The lowest BCUT2D eigenvalue weighted by molar-refractivity contribution is -0.136. The minimum Gasteiger partial charge on any atom is -0.324 e. The Kier molecular flexibility index (Phi) is 5.35. The van der Waals surface area contributed by atoms with Crippen LogP contribution in [0.15, 0.2) is 36.8 Å². The van der Waals surface area contributed by atoms with Crippen LogP contribution in [0.25, 0.3) is 11.4 Å². The first-order valence-corrected chi connectivity index (χ1v) is 10.7. The van der Waals surface area contributed by atoms with Crippen LogP contribution in [-0.2, 0) is 20.9 Å². The Hall–Kier alpha value is -4.81. The number of hydrogen-bond acceptors (Lipinski definition) is 9. The van der Waals surface area contributed by atoms with Gasteiger partial charge in [0.2, 0.25) is 17.7 Å². The van der Waals surface area contributed by atoms with Gasteiger partial charge in [-0.2, -0.15) is 0 Å². The summed E-state index contributed by atoms with van der Waals surface area (Å²) in [5.41, 5.74) is 1.84. The first-order chi connectivity index (χ1) is 16.8. The van der Waals surface area contributed by atoms with E-state index in [1.807, 2.05) is 0 Å². The maximum Gasteiger partial charge on any atom is 0.264 e. The van der Waals surface area contributed by atoms with Crippen LogP contribution < -0.4 is 10.6 Å². The van der Waals surface area contributed by atoms with Crippen LogP contribution in [0.1, 0.15) is 39.3 Å². The Morgan fingerprint density at radius 3 is 2.71 bits per heavy atom. The van der Waals surface area contributed by atoms with Crippen molar-refractivity contribution >= 4 is 35.2 Å². The quantitative estimate of drug-likeness (QED) is 0.486. The Labute approximate surface area is 197 Å². The second-order valence-electron chi connectivity index (χ2n) is 8.02. The molecule has 0 saturated carbocycles. The zero-order chi connectivity index (χ0) is 24.7. The molecule has 176 valence electrons. The van der Waals surface area contributed by atoms with Crippen molar-refractivity contribution in [1.29, 1.82) is 0 Å². The lowest BCUT2D eigenvalue weighted by Crippen LogP contribution is -2.54. The molecule has 13 heteroatoms. The fourth-order valence-corrected chi connectivity index (χ4v) is 4.10. The van der Waals surface area contributed by atoms with Crippen molar-refractivity contribution in [3.05, 3.63) is 53.6 Å². The van der Waals surface area contributed by atoms with Crippen LogP contribution in [-0.4, -0.2) is 65.4 Å². The Morgan fingerprint density at radius 2 is 1.94 bits per heavy atom. The lowest BCUT2D eigenvalue weighted by atomic mass is 10.0. The van der Waals surface area contributed by atoms with Gasteiger partial charge in [0.1, 0.15) is 24.0 Å². The molecule has 5 amide bonds. The van der Waals surface area contributed by atoms with E-state index in [-0.39, 0.29) is 36.2 Å². The molecule has 2 aliphatic rings. The van der Waals surface area contributed by atoms with Gasteiger partial charge in [0.15, 0.2) is 0 Å². The number of nitrogens with one attached hydrogen (secondary N) is 2. The summed E-state index contributed by atoms with van der Waals surface area (Å²) in [6.45, 7) is 1.56. The normalized spacial score (nSPS) is 17.4. The van der Waals surface area contributed by atoms with E-state index in [4.69, 9.17) is 0 Å². The third-order valence-electron chi connectivity index (χ3n) is 5.71. The van der Waals surface area contributed by atoms with Crippen LogP contribution in [0.5, 0.6) is 0 Å². The van der Waals surface area contributed by atoms with Gasteiger partial charge < -0.3 is 5.32 Å². The fourth-order valence-electron chi connectivity index (χ4n) is 4.10. The molecule has 13 nitrogen and oxygen atoms in total. The number of carbonyl (C=O) groups is 5. The average molecular weight is 474 g/mol. The number of aryl methyl sites for hydroxylation is 1. The van der Waals surface area contributed by atoms with Crippen molar-refractivity contribution in [1.82, 2.24) is 35.2 Å². The highest BCUT2D eigenvalue weighted by Gasteiger charge is 2.45. The van der Waals surface area contributed by atoms with Crippen molar-refractivity contribution in [2.45, 2.75) is 32.4 Å². The summed E-state index contributed by atoms with van der Waals surface area (Å²) in [7, 11) is 0. The monoisotopic (exact) mass is 474 g/mol. The molecule has 1 fully saturated rings. The topological polar surface area (TPSA) is 169 Å². The molecule has 0 bridgehead atoms. The number of fused-ring (bicyclic) bond motifs is 1. The van der Waals surface area contributed by atoms with Gasteiger partial charge in [0.25, 0.3) is 11.8 Å². The predicted octanol–water partition coefficient (Wildman–Crippen LogP) is 0.0834. The highest BCUT2D eigenvalue weighted by molar-refractivity contribution is 6.26. The number of benzene rings is 1. The van der Waals surface area contributed by atoms with Gasteiger partial charge in [0, 0.05) is 18.8 Å². The summed E-state index contributed by atoms with van der Waals surface area (Å²) in [5, 5.41) is 12.7. The van der Waals surface area contributed by atoms with Gasteiger partial charge in [-0.05, 0) is 25.5 Å². The molecule has 0 spiro atoms. The van der Waals surface area contributed by atoms with Gasteiger partial charge in [-0.25, -0.2) is 4.68 Å². The molecule has 4 heterocycles. The number of imide groups is 2. The van der Waals surface area contributed by atoms with Gasteiger partial charge in [-0.15, -0.1) is 5.10 Å². The van der Waals surface area contributed by atoms with Gasteiger partial charge in [0.05, 0.1) is 28.7 Å². The molecule has 1 atom stereocenters. The van der Waals surface area contributed by atoms with Crippen LogP contribution in [0.4, 0.5) is 5.69 Å². The van der Waals surface area contributed by atoms with E-state index in [1.54, 1.807) is 19.3 Å². The SMILES string of the molecule is Cc1nccnc1-c1cn(CC(=O)Nc2cccc3c2C(=O)N(C2CCC(=O)NC2=O)C3=O)nn1. The average Bonchev–Trinajstić information content (AvgIpc) is 3.37. The molecule has 1 unspecified atom stereocenters. The molecule has 1 aromatic carbocycles. The second kappa shape index (κ2) is 8.52. The van der Waals surface area contributed by atoms with Crippen molar-refractivity contribution in [2.24, 2.45) is 0 Å². The van der Waals surface area contributed by atoms with E-state index >= 15 is 0 Å². The molecule has 1 saturated heterocycles. The number of amides is 5. The summed E-state index contributed by atoms with van der Waals surface area (Å²) >= 11 is 0. The number of nitrogens with zero attached hydrogens (tertiary/aromatic N) is 6. The lowest BCUT2D eigenvalue weighted by Gasteiger charge is -2.27. The van der Waals surface area contributed by atoms with E-state index in [2.05, 4.69) is 30.9 Å². The minimum atomic E-state index is -1.10. The Morgan fingerprint density at radius 1 is 1.14 bits per heavy atom. The number of piperidine rings is 1. The number of rotatable bonds is 5. The van der Waals surface area contributed by atoms with E-state index in [9.17, 15) is 24.0 Å². The Balaban J connectivity index is 1.34. The minimum absolute atomic E-state index is 0.00925. The molecular weight excluding hydrogens is 456 g/mol. The smallest absolute Gasteiger partial charge is 0.264 e. The summed E-state index contributed by atoms with van der Waals surface area (Å²) < 4.78 is 1.31. The number of aromatic nitrogens is 5. The van der Waals surface area contributed by atoms with Gasteiger partial charge in [-0.3, -0.25) is 44.2 Å². The number of hydrogen-bond donors (Lipinski definition) is 2. The van der Waals surface area contributed by atoms with Crippen molar-refractivity contribution in [2.75, 3.05) is 5.32 Å². The number of carbonyl (C=O) groups excluding carboxylic acids is 5. The van der Waals surface area contributed by atoms with E-state index < -0.39 is 35.6 Å². The highest BCUT2D eigenvalue weighted by Crippen LogP contribution is 2.32. The summed E-state index contributed by atoms with van der Waals surface area (Å²) in [5.74, 6) is -3.04. The van der Waals surface area contributed by atoms with Crippen LogP contribution in [0.3, 0.4) is 0 Å². The second-order valence-corrected chi connectivity index (χ2v) is 8.02. The zero-order valence-electron chi connectivity index (χ0n) is 18.4. The van der Waals surface area contributed by atoms with Crippen LogP contribution >= 0.6 is 0 Å². The van der Waals surface area contributed by atoms with Crippen LogP contribution in [0, 0.1) is 6.92 Å². The van der Waals surface area contributed by atoms with Crippen LogP contribution in [0.2, 0.25) is 0 Å². The Bertz CT molecular complexity index is 1410. The largest absolute Gasteiger partial charge is 0.324 e. The standard InChI is InChI=1S/C22H18N8O5/c1-11-19(24-8-7-23-11)14-9-29(28-27-14)10-17(32)25-13-4-2-3-12-18(13)22(35)30(21(12)34)15-5-6-16(31)26-20(15)33/h2-4,7-9,15H,5-6,10H2,1H3,(H,25,32)(H,26,31,33). The van der Waals surface area contributed by atoms with Crippen molar-refractivity contribution < 1.29 is 24.0 Å². The molecule has 0 aliphatic carbocycles. The zero-order valence-corrected chi connectivity index (χ0v) is 18.4. The van der Waals surface area contributed by atoms with Crippen molar-refractivity contribution in [3.8, 4) is 11.4 Å². The van der Waals surface area contributed by atoms with Gasteiger partial charge in [-0.1, -0.05) is 11.3 Å². The molecule has 2 N–H and O–H groups in total. The molecule has 2 aromatic heterocycles. The van der Waals surface area contributed by atoms with E-state index in [0.29, 0.717) is 17.1 Å². The number of anilines is 1. The first kappa shape index (κ1) is 22.0. The maximum atomic E-state index is 13.1. The van der Waals surface area contributed by atoms with E-state index in [0.717, 1.165) is 4.90 Å². The molecule has 2 aliphatic heterocycles. The summed E-state index contributed by atoms with van der Waals surface area (Å²) in [6.07, 6.45) is 4.69. The predicted molar refractivity (Wildman–Crippen MR) is 118 cm³/mol. The third-order valence-corrected chi connectivity index (χ3v) is 5.71. The maximum absolute atomic E-state index is 13.1. The van der Waals surface area contributed by atoms with Gasteiger partial charge >= 0.3 is 0 Å². The molecule has 3 aromatic rings. The molecule has 35 heavy (non-hydrogen) atoms. The first-order valence-electron chi connectivity index (χ1n) is 10.7. The molecule has 0 radical (unpaired) electrons. The molecule has 5 rings (SSSR count). The van der Waals surface area contributed by atoms with E-state index in [1.165, 1.54) is 29.1 Å². The molecular formula is C22H18N8O5. The highest BCUT2D eigenvalue weighted by atomic mass is 16.2.